The largest absolute Gasteiger partial charge is 0.433 e. The molecule has 8 nitrogen and oxygen atoms in total. The van der Waals surface area contributed by atoms with Crippen molar-refractivity contribution < 1.29 is 27.1 Å². The number of benzene rings is 1. The van der Waals surface area contributed by atoms with Gasteiger partial charge in [-0.15, -0.1) is 0 Å². The normalized spacial score (nSPS) is 19.2. The molecule has 0 aliphatic carbocycles. The van der Waals surface area contributed by atoms with Gasteiger partial charge in [0.2, 0.25) is 0 Å². The number of nitrogens with zero attached hydrogens (tertiary/aromatic N) is 4. The van der Waals surface area contributed by atoms with Crippen LogP contribution in [0.1, 0.15) is 54.3 Å². The molecule has 3 heterocycles. The molecule has 12 heteroatoms. The maximum Gasteiger partial charge on any atom is 0.433 e. The third-order valence-corrected chi connectivity index (χ3v) is 6.35. The van der Waals surface area contributed by atoms with Gasteiger partial charge in [-0.1, -0.05) is 0 Å². The van der Waals surface area contributed by atoms with E-state index in [4.69, 9.17) is 4.74 Å². The van der Waals surface area contributed by atoms with Gasteiger partial charge < -0.3 is 15.0 Å². The fourth-order valence-corrected chi connectivity index (χ4v) is 4.48. The standard InChI is InChI=1S/C25H27F4N5O3/c1-12-10-34(11-13(2)37-12)23(35)16-6-7-20(19(26)8-16)30-14(3)17-9-18-22(32-21(17)25(27,28)29)31-15(4)33(5)24(18)36/h6-9,12-14,30H,10-11H2,1-5H3/t12-,13+,14-/m0/s1. The van der Waals surface area contributed by atoms with E-state index in [1.807, 2.05) is 13.8 Å². The number of nitrogens with one attached hydrogen (secondary N) is 1. The van der Waals surface area contributed by atoms with Crippen molar-refractivity contribution in [3.05, 3.63) is 63.1 Å². The molecular weight excluding hydrogens is 494 g/mol. The van der Waals surface area contributed by atoms with Crippen molar-refractivity contribution in [2.24, 2.45) is 7.05 Å². The molecule has 3 aromatic rings. The van der Waals surface area contributed by atoms with Gasteiger partial charge in [0.05, 0.1) is 29.3 Å². The minimum absolute atomic E-state index is 0.0832. The quantitative estimate of drug-likeness (QED) is 0.518. The van der Waals surface area contributed by atoms with Gasteiger partial charge in [0, 0.05) is 31.3 Å². The molecule has 3 atom stereocenters. The molecule has 0 unspecified atom stereocenters. The number of anilines is 1. The van der Waals surface area contributed by atoms with E-state index in [2.05, 4.69) is 15.3 Å². The fourth-order valence-electron chi connectivity index (χ4n) is 4.48. The lowest BCUT2D eigenvalue weighted by atomic mass is 10.0. The van der Waals surface area contributed by atoms with Crippen LogP contribution in [-0.4, -0.2) is 50.6 Å². The number of morpholine rings is 1. The van der Waals surface area contributed by atoms with E-state index in [9.17, 15) is 27.2 Å². The Kier molecular flexibility index (Phi) is 6.97. The van der Waals surface area contributed by atoms with Crippen molar-refractivity contribution >= 4 is 22.6 Å². The predicted octanol–water partition coefficient (Wildman–Crippen LogP) is 4.22. The Hall–Kier alpha value is -3.54. The number of halogens is 4. The van der Waals surface area contributed by atoms with Crippen molar-refractivity contribution in [3.63, 3.8) is 0 Å². The van der Waals surface area contributed by atoms with Crippen molar-refractivity contribution in [3.8, 4) is 0 Å². The molecule has 1 amide bonds. The van der Waals surface area contributed by atoms with Crippen LogP contribution in [0.5, 0.6) is 0 Å². The predicted molar refractivity (Wildman–Crippen MR) is 129 cm³/mol. The van der Waals surface area contributed by atoms with Crippen molar-refractivity contribution in [1.82, 2.24) is 19.4 Å². The minimum atomic E-state index is -4.84. The smallest absolute Gasteiger partial charge is 0.376 e. The number of alkyl halides is 3. The van der Waals surface area contributed by atoms with E-state index >= 15 is 0 Å². The summed E-state index contributed by atoms with van der Waals surface area (Å²) in [6, 6.07) is 3.77. The van der Waals surface area contributed by atoms with Gasteiger partial charge in [0.15, 0.2) is 11.3 Å². The first-order valence-electron chi connectivity index (χ1n) is 11.7. The third kappa shape index (κ3) is 5.29. The molecule has 1 aliphatic rings. The van der Waals surface area contributed by atoms with E-state index in [1.165, 1.54) is 37.6 Å². The van der Waals surface area contributed by atoms with Crippen LogP contribution in [-0.2, 0) is 18.0 Å². The fraction of sp³-hybridized carbons (Fsp3) is 0.440. The van der Waals surface area contributed by atoms with Crippen LogP contribution in [0.25, 0.3) is 11.0 Å². The van der Waals surface area contributed by atoms with Crippen molar-refractivity contribution in [2.75, 3.05) is 18.4 Å². The Balaban J connectivity index is 1.65. The van der Waals surface area contributed by atoms with E-state index in [0.717, 1.165) is 12.1 Å². The third-order valence-electron chi connectivity index (χ3n) is 6.35. The van der Waals surface area contributed by atoms with E-state index in [-0.39, 0.29) is 51.8 Å². The van der Waals surface area contributed by atoms with Crippen LogP contribution >= 0.6 is 0 Å². The van der Waals surface area contributed by atoms with E-state index in [1.54, 1.807) is 4.90 Å². The van der Waals surface area contributed by atoms with E-state index < -0.39 is 29.3 Å². The second-order valence-corrected chi connectivity index (χ2v) is 9.35. The van der Waals surface area contributed by atoms with Crippen LogP contribution in [0.4, 0.5) is 23.2 Å². The van der Waals surface area contributed by atoms with Crippen molar-refractivity contribution in [1.29, 1.82) is 0 Å². The maximum atomic E-state index is 15.0. The number of hydrogen-bond donors (Lipinski definition) is 1. The number of aryl methyl sites for hydroxylation is 1. The lowest BCUT2D eigenvalue weighted by molar-refractivity contribution is -0.141. The Morgan fingerprint density at radius 2 is 1.81 bits per heavy atom. The Morgan fingerprint density at radius 3 is 2.41 bits per heavy atom. The Morgan fingerprint density at radius 1 is 1.16 bits per heavy atom. The topological polar surface area (TPSA) is 89.4 Å². The Bertz CT molecular complexity index is 1410. The van der Waals surface area contributed by atoms with Crippen LogP contribution in [0.3, 0.4) is 0 Å². The molecule has 1 saturated heterocycles. The maximum absolute atomic E-state index is 15.0. The lowest BCUT2D eigenvalue weighted by Gasteiger charge is -2.35. The van der Waals surface area contributed by atoms with Gasteiger partial charge in [-0.3, -0.25) is 14.2 Å². The average molecular weight is 522 g/mol. The van der Waals surface area contributed by atoms with Crippen LogP contribution in [0.2, 0.25) is 0 Å². The van der Waals surface area contributed by atoms with Gasteiger partial charge in [-0.2, -0.15) is 13.2 Å². The second kappa shape index (κ2) is 9.73. The molecular formula is C25H27F4N5O3. The number of aromatic nitrogens is 3. The van der Waals surface area contributed by atoms with E-state index in [0.29, 0.717) is 13.1 Å². The summed E-state index contributed by atoms with van der Waals surface area (Å²) in [5, 5.41) is 2.64. The van der Waals surface area contributed by atoms with Gasteiger partial charge >= 0.3 is 6.18 Å². The molecule has 1 aliphatic heterocycles. The highest BCUT2D eigenvalue weighted by Crippen LogP contribution is 2.35. The van der Waals surface area contributed by atoms with Crippen LogP contribution in [0, 0.1) is 12.7 Å². The summed E-state index contributed by atoms with van der Waals surface area (Å²) >= 11 is 0. The minimum Gasteiger partial charge on any atom is -0.376 e. The van der Waals surface area contributed by atoms with Gasteiger partial charge in [0.1, 0.15) is 11.6 Å². The first-order valence-corrected chi connectivity index (χ1v) is 11.7. The molecule has 4 rings (SSSR count). The number of ether oxygens (including phenoxy) is 1. The van der Waals surface area contributed by atoms with Gasteiger partial charge in [-0.25, -0.2) is 14.4 Å². The van der Waals surface area contributed by atoms with Crippen molar-refractivity contribution in [2.45, 2.75) is 52.1 Å². The molecule has 0 bridgehead atoms. The molecule has 37 heavy (non-hydrogen) atoms. The average Bonchev–Trinajstić information content (AvgIpc) is 2.81. The zero-order valence-corrected chi connectivity index (χ0v) is 21.0. The highest BCUT2D eigenvalue weighted by molar-refractivity contribution is 5.94. The number of carbonyl (C=O) groups is 1. The van der Waals surface area contributed by atoms with Gasteiger partial charge in [0.25, 0.3) is 11.5 Å². The highest BCUT2D eigenvalue weighted by Gasteiger charge is 2.38. The van der Waals surface area contributed by atoms with Gasteiger partial charge in [-0.05, 0) is 52.0 Å². The van der Waals surface area contributed by atoms with Crippen LogP contribution < -0.4 is 10.9 Å². The number of fused-ring (bicyclic) bond motifs is 1. The monoisotopic (exact) mass is 521 g/mol. The summed E-state index contributed by atoms with van der Waals surface area (Å²) in [4.78, 5) is 34.8. The SMILES string of the molecule is Cc1nc2nc(C(F)(F)F)c([C@H](C)Nc3ccc(C(=O)N4C[C@@H](C)O[C@@H](C)C4)cc3F)cc2c(=O)n1C. The summed E-state index contributed by atoms with van der Waals surface area (Å²) in [6.45, 7) is 7.31. The first kappa shape index (κ1) is 26.5. The first-order chi connectivity index (χ1) is 17.3. The Labute approximate surface area is 210 Å². The summed E-state index contributed by atoms with van der Waals surface area (Å²) in [5.74, 6) is -0.949. The molecule has 0 radical (unpaired) electrons. The molecule has 1 N–H and O–H groups in total. The molecule has 1 aromatic carbocycles. The summed E-state index contributed by atoms with van der Waals surface area (Å²) in [5.41, 5.74) is -2.40. The number of pyridine rings is 1. The summed E-state index contributed by atoms with van der Waals surface area (Å²) in [7, 11) is 1.46. The molecule has 0 spiro atoms. The number of hydrogen-bond acceptors (Lipinski definition) is 6. The number of rotatable bonds is 4. The molecule has 198 valence electrons. The number of amides is 1. The number of carbonyl (C=O) groups excluding carboxylic acids is 1. The highest BCUT2D eigenvalue weighted by atomic mass is 19.4. The molecule has 1 fully saturated rings. The van der Waals surface area contributed by atoms with Crippen LogP contribution in [0.15, 0.2) is 29.1 Å². The second-order valence-electron chi connectivity index (χ2n) is 9.35. The molecule has 0 saturated carbocycles. The molecule has 2 aromatic heterocycles. The zero-order valence-electron chi connectivity index (χ0n) is 21.0. The zero-order chi connectivity index (χ0) is 27.2. The summed E-state index contributed by atoms with van der Waals surface area (Å²) < 4.78 is 63.5. The lowest BCUT2D eigenvalue weighted by Crippen LogP contribution is -2.48. The summed E-state index contributed by atoms with van der Waals surface area (Å²) in [6.07, 6.45) is -5.15.